The molecule has 6 heteroatoms. The van der Waals surface area contributed by atoms with Gasteiger partial charge in [-0.3, -0.25) is 10.1 Å². The molecule has 70 valence electrons. The zero-order chi connectivity index (χ0) is 10.0. The quantitative estimate of drug-likeness (QED) is 0.589. The van der Waals surface area contributed by atoms with Gasteiger partial charge in [-0.25, -0.2) is 0 Å². The second kappa shape index (κ2) is 3.49. The van der Waals surface area contributed by atoms with Crippen LogP contribution in [-0.2, 0) is 0 Å². The van der Waals surface area contributed by atoms with Gasteiger partial charge in [0, 0.05) is 6.07 Å². The number of rotatable bonds is 2. The second-order valence-electron chi connectivity index (χ2n) is 2.23. The first kappa shape index (κ1) is 9.60. The van der Waals surface area contributed by atoms with E-state index >= 15 is 0 Å². The van der Waals surface area contributed by atoms with E-state index in [1.807, 2.05) is 0 Å². The monoisotopic (exact) mass is 203 g/mol. The zero-order valence-corrected chi connectivity index (χ0v) is 7.41. The maximum absolute atomic E-state index is 10.4. The van der Waals surface area contributed by atoms with E-state index in [0.717, 1.165) is 6.07 Å². The molecule has 0 aliphatic rings. The van der Waals surface area contributed by atoms with E-state index in [9.17, 15) is 10.1 Å². The van der Waals surface area contributed by atoms with Crippen LogP contribution < -0.4 is 4.74 Å². The molecule has 0 unspecified atom stereocenters. The van der Waals surface area contributed by atoms with Gasteiger partial charge in [-0.15, -0.1) is 0 Å². The summed E-state index contributed by atoms with van der Waals surface area (Å²) in [6.07, 6.45) is 0. The fourth-order valence-electron chi connectivity index (χ4n) is 0.839. The van der Waals surface area contributed by atoms with E-state index in [2.05, 4.69) is 0 Å². The van der Waals surface area contributed by atoms with E-state index < -0.39 is 4.92 Å². The third kappa shape index (κ3) is 1.81. The molecule has 0 saturated heterocycles. The lowest BCUT2D eigenvalue weighted by atomic mass is 10.3. The molecule has 0 bridgehead atoms. The Hall–Kier alpha value is -1.49. The molecule has 0 aliphatic heterocycles. The second-order valence-corrected chi connectivity index (χ2v) is 2.64. The number of aromatic hydroxyl groups is 1. The predicted octanol–water partition coefficient (Wildman–Crippen LogP) is 1.96. The van der Waals surface area contributed by atoms with Crippen molar-refractivity contribution in [3.63, 3.8) is 0 Å². The summed E-state index contributed by atoms with van der Waals surface area (Å²) in [5.41, 5.74) is -0.315. The maximum atomic E-state index is 10.4. The van der Waals surface area contributed by atoms with Crippen molar-refractivity contribution in [3.8, 4) is 11.5 Å². The SMILES string of the molecule is COc1cc(Cl)c(O)cc1[N+](=O)[O-]. The molecule has 0 atom stereocenters. The average molecular weight is 204 g/mol. The number of nitro groups is 1. The predicted molar refractivity (Wildman–Crippen MR) is 46.3 cm³/mol. The molecular formula is C7H6ClNO4. The molecule has 13 heavy (non-hydrogen) atoms. The van der Waals surface area contributed by atoms with Crippen molar-refractivity contribution in [2.24, 2.45) is 0 Å². The zero-order valence-electron chi connectivity index (χ0n) is 6.65. The maximum Gasteiger partial charge on any atom is 0.314 e. The number of nitrogens with zero attached hydrogens (tertiary/aromatic N) is 1. The molecule has 0 aromatic heterocycles. The average Bonchev–Trinajstić information content (AvgIpc) is 2.08. The first-order valence-electron chi connectivity index (χ1n) is 3.27. The summed E-state index contributed by atoms with van der Waals surface area (Å²) in [5, 5.41) is 19.5. The Morgan fingerprint density at radius 3 is 2.69 bits per heavy atom. The standard InChI is InChI=1S/C7H6ClNO4/c1-13-7-2-4(8)6(10)3-5(7)9(11)12/h2-3,10H,1H3. The Morgan fingerprint density at radius 2 is 2.23 bits per heavy atom. The molecule has 0 aliphatic carbocycles. The van der Waals surface area contributed by atoms with Gasteiger partial charge in [-0.2, -0.15) is 0 Å². The van der Waals surface area contributed by atoms with Crippen LogP contribution >= 0.6 is 11.6 Å². The molecule has 1 aromatic carbocycles. The van der Waals surface area contributed by atoms with Crippen LogP contribution in [-0.4, -0.2) is 17.1 Å². The van der Waals surface area contributed by atoms with Crippen LogP contribution in [0.4, 0.5) is 5.69 Å². The minimum absolute atomic E-state index is 0.0162. The van der Waals surface area contributed by atoms with Crippen LogP contribution in [0.5, 0.6) is 11.5 Å². The molecule has 1 N–H and O–H groups in total. The van der Waals surface area contributed by atoms with Gasteiger partial charge < -0.3 is 9.84 Å². The van der Waals surface area contributed by atoms with Crippen molar-refractivity contribution in [1.82, 2.24) is 0 Å². The van der Waals surface area contributed by atoms with E-state index in [0.29, 0.717) is 0 Å². The van der Waals surface area contributed by atoms with Crippen LogP contribution in [0.2, 0.25) is 5.02 Å². The van der Waals surface area contributed by atoms with Crippen LogP contribution in [0.25, 0.3) is 0 Å². The molecule has 0 amide bonds. The van der Waals surface area contributed by atoms with E-state index in [1.165, 1.54) is 13.2 Å². The smallest absolute Gasteiger partial charge is 0.314 e. The molecule has 0 radical (unpaired) electrons. The number of hydrogen-bond acceptors (Lipinski definition) is 4. The third-order valence-corrected chi connectivity index (χ3v) is 1.75. The van der Waals surface area contributed by atoms with Gasteiger partial charge >= 0.3 is 5.69 Å². The number of phenols is 1. The van der Waals surface area contributed by atoms with Crippen molar-refractivity contribution in [2.45, 2.75) is 0 Å². The molecular weight excluding hydrogens is 198 g/mol. The van der Waals surface area contributed by atoms with E-state index in [1.54, 1.807) is 0 Å². The summed E-state index contributed by atoms with van der Waals surface area (Å²) in [4.78, 5) is 9.76. The summed E-state index contributed by atoms with van der Waals surface area (Å²) in [7, 11) is 1.29. The van der Waals surface area contributed by atoms with Gasteiger partial charge in [-0.1, -0.05) is 11.6 Å². The highest BCUT2D eigenvalue weighted by Crippen LogP contribution is 2.36. The third-order valence-electron chi connectivity index (χ3n) is 1.45. The van der Waals surface area contributed by atoms with Gasteiger partial charge in [0.25, 0.3) is 0 Å². The van der Waals surface area contributed by atoms with E-state index in [-0.39, 0.29) is 22.2 Å². The van der Waals surface area contributed by atoms with Gasteiger partial charge in [0.1, 0.15) is 5.75 Å². The van der Waals surface area contributed by atoms with Crippen LogP contribution in [0.1, 0.15) is 0 Å². The van der Waals surface area contributed by atoms with Crippen molar-refractivity contribution in [3.05, 3.63) is 27.3 Å². The molecule has 0 saturated carbocycles. The van der Waals surface area contributed by atoms with Crippen LogP contribution in [0.3, 0.4) is 0 Å². The summed E-state index contributed by atoms with van der Waals surface area (Å²) in [5.74, 6) is -0.318. The summed E-state index contributed by atoms with van der Waals surface area (Å²) >= 11 is 5.52. The van der Waals surface area contributed by atoms with Gasteiger partial charge in [0.05, 0.1) is 23.1 Å². The van der Waals surface area contributed by atoms with Crippen molar-refractivity contribution < 1.29 is 14.8 Å². The van der Waals surface area contributed by atoms with Crippen LogP contribution in [0, 0.1) is 10.1 Å². The Morgan fingerprint density at radius 1 is 1.62 bits per heavy atom. The summed E-state index contributed by atoms with van der Waals surface area (Å²) < 4.78 is 4.71. The van der Waals surface area contributed by atoms with Crippen molar-refractivity contribution >= 4 is 17.3 Å². The molecule has 0 spiro atoms. The highest BCUT2D eigenvalue weighted by Gasteiger charge is 2.17. The highest BCUT2D eigenvalue weighted by atomic mass is 35.5. The first-order valence-corrected chi connectivity index (χ1v) is 3.65. The minimum Gasteiger partial charge on any atom is -0.506 e. The first-order chi connectivity index (χ1) is 6.06. The van der Waals surface area contributed by atoms with Gasteiger partial charge in [-0.05, 0) is 0 Å². The van der Waals surface area contributed by atoms with Crippen molar-refractivity contribution in [2.75, 3.05) is 7.11 Å². The fourth-order valence-corrected chi connectivity index (χ4v) is 0.992. The Bertz CT molecular complexity index is 353. The number of nitro benzene ring substituents is 1. The summed E-state index contributed by atoms with van der Waals surface area (Å²) in [6, 6.07) is 2.14. The Kier molecular flexibility index (Phi) is 2.57. The molecule has 0 heterocycles. The lowest BCUT2D eigenvalue weighted by molar-refractivity contribution is -0.385. The normalized spacial score (nSPS) is 9.69. The molecule has 0 fully saturated rings. The number of methoxy groups -OCH3 is 1. The van der Waals surface area contributed by atoms with Gasteiger partial charge in [0.2, 0.25) is 0 Å². The fraction of sp³-hybridized carbons (Fsp3) is 0.143. The lowest BCUT2D eigenvalue weighted by Crippen LogP contribution is -1.93. The number of benzene rings is 1. The molecule has 5 nitrogen and oxygen atoms in total. The topological polar surface area (TPSA) is 72.6 Å². The van der Waals surface area contributed by atoms with E-state index in [4.69, 9.17) is 21.4 Å². The number of ether oxygens (including phenoxy) is 1. The van der Waals surface area contributed by atoms with Gasteiger partial charge in [0.15, 0.2) is 5.75 Å². The summed E-state index contributed by atoms with van der Waals surface area (Å²) in [6.45, 7) is 0. The largest absolute Gasteiger partial charge is 0.506 e. The number of hydrogen-bond donors (Lipinski definition) is 1. The minimum atomic E-state index is -0.658. The Balaban J connectivity index is 3.33. The highest BCUT2D eigenvalue weighted by molar-refractivity contribution is 6.32. The number of halogens is 1. The molecule has 1 rings (SSSR count). The van der Waals surface area contributed by atoms with Crippen LogP contribution in [0.15, 0.2) is 12.1 Å². The Labute approximate surface area is 78.7 Å². The lowest BCUT2D eigenvalue weighted by Gasteiger charge is -2.02. The number of phenolic OH excluding ortho intramolecular Hbond substituents is 1. The molecule has 1 aromatic rings. The van der Waals surface area contributed by atoms with Crippen molar-refractivity contribution in [1.29, 1.82) is 0 Å².